The van der Waals surface area contributed by atoms with E-state index in [0.29, 0.717) is 0 Å². The van der Waals surface area contributed by atoms with Crippen molar-refractivity contribution in [2.75, 3.05) is 11.1 Å². The van der Waals surface area contributed by atoms with E-state index in [1.165, 1.54) is 36.4 Å². The van der Waals surface area contributed by atoms with Crippen LogP contribution in [-0.4, -0.2) is 45.9 Å². The van der Waals surface area contributed by atoms with Gasteiger partial charge in [0.1, 0.15) is 4.90 Å². The Morgan fingerprint density at radius 3 is 1.92 bits per heavy atom. The lowest BCUT2D eigenvalue weighted by molar-refractivity contribution is 0.0980. The molecule has 37 heavy (non-hydrogen) atoms. The van der Waals surface area contributed by atoms with E-state index < -0.39 is 62.7 Å². The van der Waals surface area contributed by atoms with Gasteiger partial charge in [0.25, 0.3) is 20.2 Å². The van der Waals surface area contributed by atoms with Crippen LogP contribution in [0.4, 0.5) is 17.1 Å². The molecular formula is C22H16N2O10S3. The van der Waals surface area contributed by atoms with Crippen LogP contribution in [-0.2, 0) is 30.1 Å². The van der Waals surface area contributed by atoms with Crippen LogP contribution in [0.25, 0.3) is 0 Å². The topological polar surface area (TPSA) is 215 Å². The van der Waals surface area contributed by atoms with Gasteiger partial charge in [-0.3, -0.25) is 18.7 Å². The molecule has 3 aromatic rings. The predicted octanol–water partition coefficient (Wildman–Crippen LogP) is 2.17. The van der Waals surface area contributed by atoms with Crippen LogP contribution in [0.3, 0.4) is 0 Å². The minimum atomic E-state index is -4.97. The zero-order chi connectivity index (χ0) is 27.3. The highest BCUT2D eigenvalue weighted by Crippen LogP contribution is 2.40. The SMILES string of the molecule is Nc1c(S(=O)(=O)O)cc(Nc2cccc(S(=O)(=O)/C=C\S(=O)(=O)O)c2)c2c1C(=O)c1ccccc1C2=O. The minimum absolute atomic E-state index is 0.0197. The molecule has 1 aliphatic rings. The zero-order valence-corrected chi connectivity index (χ0v) is 20.8. The van der Waals surface area contributed by atoms with E-state index in [2.05, 4.69) is 5.32 Å². The fraction of sp³-hybridized carbons (Fsp3) is 0. The first kappa shape index (κ1) is 26.2. The number of hydrogen-bond donors (Lipinski definition) is 4. The van der Waals surface area contributed by atoms with Crippen molar-refractivity contribution < 1.29 is 43.9 Å². The monoisotopic (exact) mass is 564 g/mol. The van der Waals surface area contributed by atoms with E-state index in [-0.39, 0.29) is 38.9 Å². The summed E-state index contributed by atoms with van der Waals surface area (Å²) in [5, 5.41) is 3.03. The van der Waals surface area contributed by atoms with Crippen molar-refractivity contribution in [1.82, 2.24) is 0 Å². The summed E-state index contributed by atoms with van der Waals surface area (Å²) in [6, 6.07) is 11.3. The maximum Gasteiger partial charge on any atom is 0.296 e. The molecule has 0 unspecified atom stereocenters. The fourth-order valence-corrected chi connectivity index (χ4v) is 6.24. The molecule has 0 bridgehead atoms. The molecule has 0 aliphatic heterocycles. The number of nitrogens with one attached hydrogen (secondary N) is 1. The first-order chi connectivity index (χ1) is 17.1. The largest absolute Gasteiger partial charge is 0.397 e. The third-order valence-electron chi connectivity index (χ3n) is 5.33. The number of carbonyl (C=O) groups excluding carboxylic acids is 2. The van der Waals surface area contributed by atoms with E-state index >= 15 is 0 Å². The smallest absolute Gasteiger partial charge is 0.296 e. The van der Waals surface area contributed by atoms with Gasteiger partial charge in [-0.05, 0) is 24.3 Å². The summed E-state index contributed by atoms with van der Waals surface area (Å²) in [6.07, 6.45) is 0. The maximum atomic E-state index is 13.3. The van der Waals surface area contributed by atoms with Crippen LogP contribution in [0.15, 0.2) is 75.2 Å². The standard InChI is InChI=1S/C22H16N2O10S3/c23-20-17(37(32,33)34)11-16(18-19(20)22(26)15-7-2-1-6-14(15)21(18)25)24-12-4-3-5-13(10-12)35(27,28)8-9-36(29,30)31/h1-11,24H,23H2,(H,29,30,31)(H,32,33,34)/b9-8-. The van der Waals surface area contributed by atoms with Gasteiger partial charge in [0, 0.05) is 22.2 Å². The molecule has 3 aromatic carbocycles. The zero-order valence-electron chi connectivity index (χ0n) is 18.3. The molecule has 0 fully saturated rings. The van der Waals surface area contributed by atoms with Gasteiger partial charge >= 0.3 is 0 Å². The van der Waals surface area contributed by atoms with E-state index in [9.17, 15) is 39.4 Å². The third-order valence-corrected chi connectivity index (χ3v) is 8.28. The Morgan fingerprint density at radius 2 is 1.35 bits per heavy atom. The van der Waals surface area contributed by atoms with Gasteiger partial charge in [-0.25, -0.2) is 8.42 Å². The van der Waals surface area contributed by atoms with E-state index in [4.69, 9.17) is 10.3 Å². The number of nitrogen functional groups attached to an aromatic ring is 1. The van der Waals surface area contributed by atoms with Crippen molar-refractivity contribution in [2.24, 2.45) is 0 Å². The average molecular weight is 565 g/mol. The van der Waals surface area contributed by atoms with Crippen molar-refractivity contribution in [3.8, 4) is 0 Å². The molecule has 1 aliphatic carbocycles. The Balaban J connectivity index is 1.91. The van der Waals surface area contributed by atoms with Crippen LogP contribution in [0.5, 0.6) is 0 Å². The van der Waals surface area contributed by atoms with Crippen LogP contribution in [0.1, 0.15) is 31.8 Å². The molecule has 0 spiro atoms. The third kappa shape index (κ3) is 5.03. The Bertz CT molecular complexity index is 1860. The van der Waals surface area contributed by atoms with Gasteiger partial charge in [-0.1, -0.05) is 30.3 Å². The van der Waals surface area contributed by atoms with Crippen molar-refractivity contribution in [3.05, 3.63) is 87.7 Å². The summed E-state index contributed by atoms with van der Waals surface area (Å²) in [5.74, 6) is -1.44. The maximum absolute atomic E-state index is 13.3. The highest BCUT2D eigenvalue weighted by atomic mass is 32.2. The number of fused-ring (bicyclic) bond motifs is 2. The predicted molar refractivity (Wildman–Crippen MR) is 132 cm³/mol. The highest BCUT2D eigenvalue weighted by Gasteiger charge is 2.36. The van der Waals surface area contributed by atoms with Gasteiger partial charge in [0.05, 0.1) is 32.8 Å². The molecule has 15 heteroatoms. The molecule has 0 atom stereocenters. The summed E-state index contributed by atoms with van der Waals surface area (Å²) in [5.41, 5.74) is 4.23. The van der Waals surface area contributed by atoms with Gasteiger partial charge in [0.2, 0.25) is 9.84 Å². The summed E-state index contributed by atoms with van der Waals surface area (Å²) in [7, 11) is -14.1. The number of rotatable bonds is 6. The second-order valence-corrected chi connectivity index (χ2v) is 12.3. The first-order valence-electron chi connectivity index (χ1n) is 10.0. The summed E-state index contributed by atoms with van der Waals surface area (Å²) in [6.45, 7) is 0. The number of nitrogens with two attached hydrogens (primary N) is 1. The first-order valence-corrected chi connectivity index (χ1v) is 14.5. The average Bonchev–Trinajstić information content (AvgIpc) is 2.81. The second-order valence-electron chi connectivity index (χ2n) is 7.75. The second kappa shape index (κ2) is 8.89. The quantitative estimate of drug-likeness (QED) is 0.196. The van der Waals surface area contributed by atoms with Crippen molar-refractivity contribution in [2.45, 2.75) is 9.79 Å². The van der Waals surface area contributed by atoms with E-state index in [1.807, 2.05) is 0 Å². The molecule has 12 nitrogen and oxygen atoms in total. The Morgan fingerprint density at radius 1 is 0.757 bits per heavy atom. The van der Waals surface area contributed by atoms with Crippen LogP contribution in [0.2, 0.25) is 0 Å². The molecule has 0 aromatic heterocycles. The lowest BCUT2D eigenvalue weighted by Crippen LogP contribution is -2.25. The van der Waals surface area contributed by atoms with Crippen molar-refractivity contribution in [3.63, 3.8) is 0 Å². The lowest BCUT2D eigenvalue weighted by atomic mass is 9.82. The number of sulfone groups is 1. The molecule has 5 N–H and O–H groups in total. The van der Waals surface area contributed by atoms with Gasteiger partial charge < -0.3 is 11.1 Å². The normalized spacial score (nSPS) is 13.9. The number of ketones is 2. The van der Waals surface area contributed by atoms with Gasteiger partial charge in [0.15, 0.2) is 11.6 Å². The molecule has 0 saturated carbocycles. The Labute approximate surface area is 210 Å². The molecule has 0 radical (unpaired) electrons. The molecule has 0 heterocycles. The van der Waals surface area contributed by atoms with E-state index in [0.717, 1.165) is 18.2 Å². The van der Waals surface area contributed by atoms with Gasteiger partial charge in [-0.15, -0.1) is 0 Å². The summed E-state index contributed by atoms with van der Waals surface area (Å²) < 4.78 is 89.2. The highest BCUT2D eigenvalue weighted by molar-refractivity contribution is 7.96. The van der Waals surface area contributed by atoms with Crippen LogP contribution >= 0.6 is 0 Å². The van der Waals surface area contributed by atoms with Crippen molar-refractivity contribution >= 4 is 58.7 Å². The molecule has 0 saturated heterocycles. The fourth-order valence-electron chi connectivity index (χ4n) is 3.73. The minimum Gasteiger partial charge on any atom is -0.397 e. The Hall–Kier alpha value is -3.89. The van der Waals surface area contributed by atoms with Gasteiger partial charge in [-0.2, -0.15) is 16.8 Å². The number of anilines is 3. The molecule has 192 valence electrons. The summed E-state index contributed by atoms with van der Waals surface area (Å²) >= 11 is 0. The number of benzene rings is 3. The molecule has 4 rings (SSSR count). The summed E-state index contributed by atoms with van der Waals surface area (Å²) in [4.78, 5) is 25.3. The Kier molecular flexibility index (Phi) is 6.29. The van der Waals surface area contributed by atoms with Crippen LogP contribution in [0, 0.1) is 0 Å². The van der Waals surface area contributed by atoms with E-state index in [1.54, 1.807) is 0 Å². The van der Waals surface area contributed by atoms with Crippen LogP contribution < -0.4 is 11.1 Å². The molecular weight excluding hydrogens is 548 g/mol. The van der Waals surface area contributed by atoms with Crippen molar-refractivity contribution in [1.29, 1.82) is 0 Å². The number of hydrogen-bond acceptors (Lipinski definition) is 10. The lowest BCUT2D eigenvalue weighted by Gasteiger charge is -2.23. The molecule has 0 amide bonds. The number of carbonyl (C=O) groups is 2.